The van der Waals surface area contributed by atoms with Crippen LogP contribution >= 0.6 is 0 Å². The van der Waals surface area contributed by atoms with Crippen LogP contribution in [0.4, 0.5) is 4.79 Å². The van der Waals surface area contributed by atoms with Gasteiger partial charge in [0.05, 0.1) is 23.8 Å². The van der Waals surface area contributed by atoms with E-state index in [1.165, 1.54) is 0 Å². The molecule has 1 fully saturated rings. The van der Waals surface area contributed by atoms with Gasteiger partial charge in [0.2, 0.25) is 0 Å². The van der Waals surface area contributed by atoms with Gasteiger partial charge in [0.1, 0.15) is 5.60 Å². The molecule has 1 N–H and O–H groups in total. The van der Waals surface area contributed by atoms with Crippen LogP contribution in [0.1, 0.15) is 32.9 Å². The first kappa shape index (κ1) is 16.4. The van der Waals surface area contributed by atoms with E-state index in [2.05, 4.69) is 20.2 Å². The summed E-state index contributed by atoms with van der Waals surface area (Å²) in [6, 6.07) is 0. The number of carbonyl (C=O) groups is 1. The summed E-state index contributed by atoms with van der Waals surface area (Å²) in [5, 5.41) is 6.68. The molecule has 0 spiro atoms. The zero-order valence-corrected chi connectivity index (χ0v) is 14.3. The Morgan fingerprint density at radius 1 is 1.33 bits per heavy atom. The number of H-pyrrole nitrogens is 1. The number of aromatic nitrogens is 4. The lowest BCUT2D eigenvalue weighted by molar-refractivity contribution is 0.0288. The standard InChI is InChI=1S/C17H23N5O2/c1-17(2,3)24-16(23)22-5-4-12(11-22)6-14-9-19-15(10-18-14)13-7-20-21-8-13/h7-10,12H,4-6,11H2,1-3H3,(H,20,21)/t12-/m0/s1. The molecule has 0 radical (unpaired) electrons. The van der Waals surface area contributed by atoms with E-state index in [0.717, 1.165) is 36.3 Å². The zero-order valence-electron chi connectivity index (χ0n) is 14.3. The molecule has 0 aromatic carbocycles. The largest absolute Gasteiger partial charge is 0.444 e. The minimum absolute atomic E-state index is 0.230. The maximum Gasteiger partial charge on any atom is 0.410 e. The molecular weight excluding hydrogens is 306 g/mol. The van der Waals surface area contributed by atoms with Crippen LogP contribution in [0.25, 0.3) is 11.3 Å². The van der Waals surface area contributed by atoms with Crippen molar-refractivity contribution in [1.29, 1.82) is 0 Å². The Bertz CT molecular complexity index is 676. The third kappa shape index (κ3) is 4.10. The summed E-state index contributed by atoms with van der Waals surface area (Å²) in [7, 11) is 0. The minimum atomic E-state index is -0.455. The number of nitrogens with zero attached hydrogens (tertiary/aromatic N) is 4. The van der Waals surface area contributed by atoms with E-state index < -0.39 is 5.60 Å². The fraction of sp³-hybridized carbons (Fsp3) is 0.529. The van der Waals surface area contributed by atoms with Crippen LogP contribution in [-0.2, 0) is 11.2 Å². The number of likely N-dealkylation sites (tertiary alicyclic amines) is 1. The molecule has 0 saturated carbocycles. The highest BCUT2D eigenvalue weighted by Crippen LogP contribution is 2.22. The molecule has 7 nitrogen and oxygen atoms in total. The smallest absolute Gasteiger partial charge is 0.410 e. The summed E-state index contributed by atoms with van der Waals surface area (Å²) in [6.07, 6.45) is 8.63. The molecule has 0 unspecified atom stereocenters. The van der Waals surface area contributed by atoms with E-state index in [-0.39, 0.29) is 6.09 Å². The predicted molar refractivity (Wildman–Crippen MR) is 89.2 cm³/mol. The molecule has 128 valence electrons. The van der Waals surface area contributed by atoms with Crippen molar-refractivity contribution in [3.63, 3.8) is 0 Å². The van der Waals surface area contributed by atoms with Gasteiger partial charge in [0, 0.05) is 31.0 Å². The van der Waals surface area contributed by atoms with Gasteiger partial charge >= 0.3 is 6.09 Å². The molecule has 3 heterocycles. The average Bonchev–Trinajstić information content (AvgIpc) is 3.17. The Hall–Kier alpha value is -2.44. The SMILES string of the molecule is CC(C)(C)OC(=O)N1CC[C@@H](Cc2cnc(-c3cn[nH]c3)cn2)C1. The fourth-order valence-corrected chi connectivity index (χ4v) is 2.79. The third-order valence-electron chi connectivity index (χ3n) is 3.93. The molecule has 1 amide bonds. The molecule has 1 atom stereocenters. The first-order valence-electron chi connectivity index (χ1n) is 8.19. The van der Waals surface area contributed by atoms with Crippen molar-refractivity contribution in [2.75, 3.05) is 13.1 Å². The van der Waals surface area contributed by atoms with Gasteiger partial charge in [-0.1, -0.05) is 0 Å². The molecular formula is C17H23N5O2. The second-order valence-corrected chi connectivity index (χ2v) is 7.17. The number of amides is 1. The number of hydrogen-bond donors (Lipinski definition) is 1. The van der Waals surface area contributed by atoms with E-state index in [1.54, 1.807) is 29.7 Å². The summed E-state index contributed by atoms with van der Waals surface area (Å²) in [6.45, 7) is 7.10. The van der Waals surface area contributed by atoms with Gasteiger partial charge in [0.25, 0.3) is 0 Å². The third-order valence-corrected chi connectivity index (χ3v) is 3.93. The molecule has 1 aliphatic heterocycles. The normalized spacial score (nSPS) is 18.0. The van der Waals surface area contributed by atoms with E-state index in [4.69, 9.17) is 4.74 Å². The predicted octanol–water partition coefficient (Wildman–Crippen LogP) is 2.67. The lowest BCUT2D eigenvalue weighted by atomic mass is 10.0. The van der Waals surface area contributed by atoms with Crippen molar-refractivity contribution in [3.05, 3.63) is 30.5 Å². The number of ether oxygens (including phenoxy) is 1. The monoisotopic (exact) mass is 329 g/mol. The molecule has 24 heavy (non-hydrogen) atoms. The number of carbonyl (C=O) groups excluding carboxylic acids is 1. The van der Waals surface area contributed by atoms with Crippen molar-refractivity contribution in [1.82, 2.24) is 25.1 Å². The quantitative estimate of drug-likeness (QED) is 0.936. The Balaban J connectivity index is 1.55. The van der Waals surface area contributed by atoms with E-state index in [9.17, 15) is 4.79 Å². The van der Waals surface area contributed by atoms with E-state index >= 15 is 0 Å². The highest BCUT2D eigenvalue weighted by Gasteiger charge is 2.30. The van der Waals surface area contributed by atoms with Crippen molar-refractivity contribution >= 4 is 6.09 Å². The van der Waals surface area contributed by atoms with E-state index in [1.807, 2.05) is 20.8 Å². The van der Waals surface area contributed by atoms with Gasteiger partial charge < -0.3 is 9.64 Å². The lowest BCUT2D eigenvalue weighted by Crippen LogP contribution is -2.35. The van der Waals surface area contributed by atoms with Gasteiger partial charge in [-0.3, -0.25) is 15.1 Å². The molecule has 1 aliphatic rings. The van der Waals surface area contributed by atoms with Crippen molar-refractivity contribution in [2.24, 2.45) is 5.92 Å². The maximum atomic E-state index is 12.1. The summed E-state index contributed by atoms with van der Waals surface area (Å²) in [5.74, 6) is 0.395. The highest BCUT2D eigenvalue weighted by molar-refractivity contribution is 5.68. The topological polar surface area (TPSA) is 84.0 Å². The van der Waals surface area contributed by atoms with Crippen LogP contribution in [-0.4, -0.2) is 49.8 Å². The van der Waals surface area contributed by atoms with Gasteiger partial charge in [-0.15, -0.1) is 0 Å². The molecule has 0 bridgehead atoms. The molecule has 2 aromatic heterocycles. The number of rotatable bonds is 3. The fourth-order valence-electron chi connectivity index (χ4n) is 2.79. The Morgan fingerprint density at radius 2 is 2.17 bits per heavy atom. The molecule has 7 heteroatoms. The first-order chi connectivity index (χ1) is 11.4. The van der Waals surface area contributed by atoms with Crippen molar-refractivity contribution in [2.45, 2.75) is 39.2 Å². The van der Waals surface area contributed by atoms with E-state index in [0.29, 0.717) is 12.5 Å². The van der Waals surface area contributed by atoms with Crippen LogP contribution in [0.2, 0.25) is 0 Å². The van der Waals surface area contributed by atoms with Crippen molar-refractivity contribution in [3.8, 4) is 11.3 Å². The number of aromatic amines is 1. The highest BCUT2D eigenvalue weighted by atomic mass is 16.6. The van der Waals surface area contributed by atoms with Crippen LogP contribution in [0.5, 0.6) is 0 Å². The summed E-state index contributed by atoms with van der Waals surface area (Å²) >= 11 is 0. The summed E-state index contributed by atoms with van der Waals surface area (Å²) in [5.41, 5.74) is 2.21. The first-order valence-corrected chi connectivity index (χ1v) is 8.19. The second-order valence-electron chi connectivity index (χ2n) is 7.17. The van der Waals surface area contributed by atoms with Crippen molar-refractivity contribution < 1.29 is 9.53 Å². The van der Waals surface area contributed by atoms with Gasteiger partial charge in [-0.05, 0) is 39.5 Å². The van der Waals surface area contributed by atoms with Gasteiger partial charge in [-0.25, -0.2) is 4.79 Å². The molecule has 1 saturated heterocycles. The Kier molecular flexibility index (Phi) is 4.51. The molecule has 2 aromatic rings. The van der Waals surface area contributed by atoms with Crippen LogP contribution in [0.15, 0.2) is 24.8 Å². The molecule has 3 rings (SSSR count). The maximum absolute atomic E-state index is 12.1. The van der Waals surface area contributed by atoms with Crippen LogP contribution in [0.3, 0.4) is 0 Å². The summed E-state index contributed by atoms with van der Waals surface area (Å²) in [4.78, 5) is 22.8. The zero-order chi connectivity index (χ0) is 17.2. The number of nitrogens with one attached hydrogen (secondary N) is 1. The Morgan fingerprint density at radius 3 is 2.79 bits per heavy atom. The number of hydrogen-bond acceptors (Lipinski definition) is 5. The minimum Gasteiger partial charge on any atom is -0.444 e. The lowest BCUT2D eigenvalue weighted by Gasteiger charge is -2.24. The van der Waals surface area contributed by atoms with Gasteiger partial charge in [0.15, 0.2) is 0 Å². The van der Waals surface area contributed by atoms with Crippen LogP contribution < -0.4 is 0 Å². The van der Waals surface area contributed by atoms with Gasteiger partial charge in [-0.2, -0.15) is 5.10 Å². The van der Waals surface area contributed by atoms with Crippen LogP contribution in [0, 0.1) is 5.92 Å². The molecule has 0 aliphatic carbocycles. The second kappa shape index (κ2) is 6.59. The average molecular weight is 329 g/mol. The Labute approximate surface area is 141 Å². The summed E-state index contributed by atoms with van der Waals surface area (Å²) < 4.78 is 5.43.